The fourth-order valence-corrected chi connectivity index (χ4v) is 5.38. The first-order valence-electron chi connectivity index (χ1n) is 14.6. The van der Waals surface area contributed by atoms with E-state index >= 15 is 0 Å². The summed E-state index contributed by atoms with van der Waals surface area (Å²) < 4.78 is 0. The molecule has 0 radical (unpaired) electrons. The van der Waals surface area contributed by atoms with E-state index in [4.69, 9.17) is 0 Å². The zero-order chi connectivity index (χ0) is 29.4. The van der Waals surface area contributed by atoms with E-state index in [0.717, 1.165) is 25.7 Å². The summed E-state index contributed by atoms with van der Waals surface area (Å²) in [6, 6.07) is 41.0. The van der Waals surface area contributed by atoms with Gasteiger partial charge in [-0.15, -0.1) is 0 Å². The van der Waals surface area contributed by atoms with Crippen molar-refractivity contribution in [1.82, 2.24) is 10.6 Å². The maximum Gasteiger partial charge on any atom is 0.323 e. The van der Waals surface area contributed by atoms with Crippen molar-refractivity contribution < 1.29 is 19.8 Å². The first kappa shape index (κ1) is 29.2. The van der Waals surface area contributed by atoms with Gasteiger partial charge < -0.3 is 20.8 Å². The Morgan fingerprint density at radius 1 is 0.500 bits per heavy atom. The van der Waals surface area contributed by atoms with Gasteiger partial charge >= 0.3 is 11.9 Å². The maximum absolute atomic E-state index is 11.3. The van der Waals surface area contributed by atoms with Crippen LogP contribution in [0.25, 0.3) is 0 Å². The van der Waals surface area contributed by atoms with Crippen molar-refractivity contribution in [3.8, 4) is 0 Å². The minimum atomic E-state index is -0.734. The van der Waals surface area contributed by atoms with Crippen LogP contribution in [0.4, 0.5) is 0 Å². The molecule has 2 aliphatic rings. The average Bonchev–Trinajstić information content (AvgIpc) is 3.97. The molecule has 4 aromatic carbocycles. The van der Waals surface area contributed by atoms with Gasteiger partial charge in [0.05, 0.1) is 0 Å². The van der Waals surface area contributed by atoms with Crippen LogP contribution >= 0.6 is 0 Å². The number of rotatable bonds is 12. The number of nitrogens with one attached hydrogen (secondary N) is 2. The van der Waals surface area contributed by atoms with Crippen molar-refractivity contribution in [2.24, 2.45) is 0 Å². The predicted molar refractivity (Wildman–Crippen MR) is 165 cm³/mol. The summed E-state index contributed by atoms with van der Waals surface area (Å²) in [7, 11) is 0. The zero-order valence-corrected chi connectivity index (χ0v) is 23.7. The zero-order valence-electron chi connectivity index (χ0n) is 23.7. The summed E-state index contributed by atoms with van der Waals surface area (Å²) in [6.07, 6.45) is 2.88. The minimum Gasteiger partial charge on any atom is -0.480 e. The van der Waals surface area contributed by atoms with Gasteiger partial charge in [-0.05, 0) is 47.9 Å². The Hall–Kier alpha value is -4.26. The molecule has 0 aromatic heterocycles. The fraction of sp³-hybridized carbons (Fsp3) is 0.278. The number of carbonyl (C=O) groups is 2. The van der Waals surface area contributed by atoms with E-state index in [9.17, 15) is 19.8 Å². The molecule has 2 fully saturated rings. The maximum atomic E-state index is 11.3. The van der Waals surface area contributed by atoms with Crippen molar-refractivity contribution in [1.29, 1.82) is 0 Å². The summed E-state index contributed by atoms with van der Waals surface area (Å²) >= 11 is 0. The summed E-state index contributed by atoms with van der Waals surface area (Å²) in [6.45, 7) is 1.28. The van der Waals surface area contributed by atoms with Gasteiger partial charge in [-0.1, -0.05) is 121 Å². The summed E-state index contributed by atoms with van der Waals surface area (Å²) in [5.41, 5.74) is 3.44. The molecule has 0 heterocycles. The smallest absolute Gasteiger partial charge is 0.323 e. The molecule has 0 spiro atoms. The van der Waals surface area contributed by atoms with E-state index < -0.39 is 23.0 Å². The third-order valence-electron chi connectivity index (χ3n) is 8.42. The number of carboxylic acids is 2. The number of hydrogen-bond acceptors (Lipinski definition) is 4. The quantitative estimate of drug-likeness (QED) is 0.168. The van der Waals surface area contributed by atoms with Crippen LogP contribution < -0.4 is 10.6 Å². The topological polar surface area (TPSA) is 98.7 Å². The number of benzene rings is 4. The molecule has 6 rings (SSSR count). The van der Waals surface area contributed by atoms with Crippen molar-refractivity contribution in [2.75, 3.05) is 13.1 Å². The molecule has 0 amide bonds. The number of hydrogen-bond donors (Lipinski definition) is 4. The highest BCUT2D eigenvalue weighted by Gasteiger charge is 2.50. The molecular weight excluding hydrogens is 524 g/mol. The second-order valence-electron chi connectivity index (χ2n) is 11.3. The highest BCUT2D eigenvalue weighted by Crippen LogP contribution is 2.37. The fourth-order valence-electron chi connectivity index (χ4n) is 5.38. The van der Waals surface area contributed by atoms with Gasteiger partial charge in [-0.3, -0.25) is 9.59 Å². The molecule has 0 bridgehead atoms. The van der Waals surface area contributed by atoms with Crippen LogP contribution in [-0.2, 0) is 9.59 Å². The largest absolute Gasteiger partial charge is 0.480 e. The Morgan fingerprint density at radius 2 is 0.738 bits per heavy atom. The normalized spacial score (nSPS) is 15.9. The lowest BCUT2D eigenvalue weighted by atomic mass is 9.91. The van der Waals surface area contributed by atoms with Crippen LogP contribution in [0.1, 0.15) is 59.8 Å². The first-order valence-corrected chi connectivity index (χ1v) is 14.6. The van der Waals surface area contributed by atoms with E-state index in [0.29, 0.717) is 13.1 Å². The van der Waals surface area contributed by atoms with Gasteiger partial charge in [0.25, 0.3) is 0 Å². The van der Waals surface area contributed by atoms with Gasteiger partial charge in [0, 0.05) is 24.9 Å². The Labute approximate surface area is 247 Å². The first-order chi connectivity index (χ1) is 20.4. The van der Waals surface area contributed by atoms with E-state index in [1.807, 2.05) is 72.8 Å². The van der Waals surface area contributed by atoms with Gasteiger partial charge in [0.2, 0.25) is 0 Å². The Kier molecular flexibility index (Phi) is 9.15. The Bertz CT molecular complexity index is 1250. The van der Waals surface area contributed by atoms with E-state index in [1.165, 1.54) is 22.3 Å². The molecule has 4 aromatic rings. The third-order valence-corrected chi connectivity index (χ3v) is 8.42. The monoisotopic (exact) mass is 562 g/mol. The molecule has 2 saturated carbocycles. The molecule has 0 aliphatic heterocycles. The number of carboxylic acid groups (broad SMARTS) is 2. The second kappa shape index (κ2) is 13.1. The highest BCUT2D eigenvalue weighted by atomic mass is 16.4. The standard InChI is InChI=1S/2C18H19NO2/c2*20-17(21)18(11-12-18)19-13-16(14-7-3-1-4-8-14)15-9-5-2-6-10-15/h2*1-10,16,19H,11-13H2,(H,20,21). The van der Waals surface area contributed by atoms with Gasteiger partial charge in [-0.2, -0.15) is 0 Å². The van der Waals surface area contributed by atoms with E-state index in [1.54, 1.807) is 0 Å². The van der Waals surface area contributed by atoms with Crippen LogP contribution in [-0.4, -0.2) is 46.3 Å². The average molecular weight is 563 g/mol. The molecule has 4 N–H and O–H groups in total. The number of aliphatic carboxylic acids is 2. The lowest BCUT2D eigenvalue weighted by Crippen LogP contribution is -2.41. The molecule has 216 valence electrons. The van der Waals surface area contributed by atoms with Crippen LogP contribution in [0.3, 0.4) is 0 Å². The van der Waals surface area contributed by atoms with E-state index in [2.05, 4.69) is 59.2 Å². The summed E-state index contributed by atoms with van der Waals surface area (Å²) in [5.74, 6) is -1.13. The molecule has 6 heteroatoms. The SMILES string of the molecule is O=C(O)C1(NCC(c2ccccc2)c2ccccc2)CC1.O=C(O)C1(NCC(c2ccccc2)c2ccccc2)CC1. The van der Waals surface area contributed by atoms with Crippen LogP contribution in [0.5, 0.6) is 0 Å². The van der Waals surface area contributed by atoms with Gasteiger partial charge in [0.15, 0.2) is 0 Å². The molecule has 0 unspecified atom stereocenters. The van der Waals surface area contributed by atoms with Gasteiger partial charge in [0.1, 0.15) is 11.1 Å². The molecule has 6 nitrogen and oxygen atoms in total. The lowest BCUT2D eigenvalue weighted by molar-refractivity contribution is -0.141. The van der Waals surface area contributed by atoms with Crippen molar-refractivity contribution in [3.63, 3.8) is 0 Å². The molecule has 0 atom stereocenters. The molecule has 2 aliphatic carbocycles. The lowest BCUT2D eigenvalue weighted by Gasteiger charge is -2.21. The van der Waals surface area contributed by atoms with Gasteiger partial charge in [-0.25, -0.2) is 0 Å². The summed E-state index contributed by atoms with van der Waals surface area (Å²) in [4.78, 5) is 22.6. The Balaban J connectivity index is 0.000000168. The molecule has 0 saturated heterocycles. The minimum absolute atomic E-state index is 0.171. The van der Waals surface area contributed by atoms with Crippen molar-refractivity contribution in [3.05, 3.63) is 144 Å². The third kappa shape index (κ3) is 7.14. The molecular formula is C36H38N2O4. The summed E-state index contributed by atoms with van der Waals surface area (Å²) in [5, 5.41) is 25.1. The predicted octanol–water partition coefficient (Wildman–Crippen LogP) is 6.05. The van der Waals surface area contributed by atoms with Crippen LogP contribution in [0, 0.1) is 0 Å². The van der Waals surface area contributed by atoms with Crippen molar-refractivity contribution >= 4 is 11.9 Å². The Morgan fingerprint density at radius 3 is 0.929 bits per heavy atom. The van der Waals surface area contributed by atoms with E-state index in [-0.39, 0.29) is 11.8 Å². The van der Waals surface area contributed by atoms with Crippen molar-refractivity contribution in [2.45, 2.75) is 48.6 Å². The second-order valence-corrected chi connectivity index (χ2v) is 11.3. The molecule has 42 heavy (non-hydrogen) atoms. The highest BCUT2D eigenvalue weighted by molar-refractivity contribution is 5.82. The van der Waals surface area contributed by atoms with Crippen LogP contribution in [0.2, 0.25) is 0 Å². The van der Waals surface area contributed by atoms with Crippen LogP contribution in [0.15, 0.2) is 121 Å².